The number of hydrogen-bond donors (Lipinski definition) is 1. The number of rotatable bonds is 2. The first-order chi connectivity index (χ1) is 5.63. The Bertz CT molecular complexity index is 298. The van der Waals surface area contributed by atoms with E-state index in [1.165, 1.54) is 0 Å². The van der Waals surface area contributed by atoms with Crippen molar-refractivity contribution in [1.82, 2.24) is 0 Å². The molecular weight excluding hydrogens is 172 g/mol. The number of hydrogen-bond acceptors (Lipinski definition) is 0. The van der Waals surface area contributed by atoms with Gasteiger partial charge in [-0.05, 0) is 18.6 Å². The Hall–Kier alpha value is -0.930. The predicted molar refractivity (Wildman–Crippen MR) is 51.3 cm³/mol. The Morgan fingerprint density at radius 1 is 1.50 bits per heavy atom. The summed E-state index contributed by atoms with van der Waals surface area (Å²) in [7, 11) is 0. The van der Waals surface area contributed by atoms with Crippen LogP contribution in [0.15, 0.2) is 35.7 Å². The summed E-state index contributed by atoms with van der Waals surface area (Å²) in [6.45, 7) is 5.59. The van der Waals surface area contributed by atoms with Crippen LogP contribution in [0.1, 0.15) is 12.5 Å². The highest BCUT2D eigenvalue weighted by Crippen LogP contribution is 2.19. The van der Waals surface area contributed by atoms with Crippen LogP contribution >= 0.6 is 0 Å². The van der Waals surface area contributed by atoms with E-state index in [2.05, 4.69) is 6.58 Å². The molecule has 0 spiro atoms. The van der Waals surface area contributed by atoms with Crippen LogP contribution in [0, 0.1) is 0 Å². The van der Waals surface area contributed by atoms with Gasteiger partial charge in [0.15, 0.2) is 0 Å². The van der Waals surface area contributed by atoms with Crippen molar-refractivity contribution < 1.29 is 8.76 Å². The minimum atomic E-state index is -1.67. The largest absolute Gasteiger partial charge is 0.364 e. The van der Waals surface area contributed by atoms with Crippen molar-refractivity contribution in [3.05, 3.63) is 36.4 Å². The fraction of sp³-hybridized carbons (Fsp3) is 0.111. The van der Waals surface area contributed by atoms with Gasteiger partial charge in [0.1, 0.15) is 4.90 Å². The van der Waals surface area contributed by atoms with Crippen molar-refractivity contribution in [3.8, 4) is 0 Å². The zero-order chi connectivity index (χ0) is 9.14. The second kappa shape index (κ2) is 3.65. The summed E-state index contributed by atoms with van der Waals surface area (Å²) in [5, 5.41) is 0. The number of benzene rings is 1. The van der Waals surface area contributed by atoms with E-state index in [0.717, 1.165) is 11.1 Å². The van der Waals surface area contributed by atoms with Gasteiger partial charge in [-0.3, -0.25) is 4.55 Å². The van der Waals surface area contributed by atoms with Gasteiger partial charge in [0.2, 0.25) is 0 Å². The van der Waals surface area contributed by atoms with Crippen LogP contribution in [-0.4, -0.2) is 8.76 Å². The highest BCUT2D eigenvalue weighted by atomic mass is 32.2. The van der Waals surface area contributed by atoms with Crippen LogP contribution < -0.4 is 0 Å². The Kier molecular flexibility index (Phi) is 2.78. The van der Waals surface area contributed by atoms with Gasteiger partial charge in [-0.1, -0.05) is 24.8 Å². The minimum Gasteiger partial charge on any atom is -0.261 e. The molecule has 1 unspecified atom stereocenters. The van der Waals surface area contributed by atoms with E-state index in [1.54, 1.807) is 12.1 Å². The molecule has 3 heteroatoms. The molecule has 2 nitrogen and oxygen atoms in total. The number of allylic oxidation sites excluding steroid dienone is 1. The summed E-state index contributed by atoms with van der Waals surface area (Å²) in [6.07, 6.45) is 0. The third-order valence-corrected chi connectivity index (χ3v) is 2.29. The third kappa shape index (κ3) is 1.81. The van der Waals surface area contributed by atoms with E-state index >= 15 is 0 Å². The molecule has 1 aromatic rings. The van der Waals surface area contributed by atoms with E-state index in [9.17, 15) is 0 Å². The molecular formula is C9H11O2S+. The second-order valence-corrected chi connectivity index (χ2v) is 3.51. The Morgan fingerprint density at radius 2 is 2.08 bits per heavy atom. The van der Waals surface area contributed by atoms with E-state index < -0.39 is 11.1 Å². The average molecular weight is 183 g/mol. The summed E-state index contributed by atoms with van der Waals surface area (Å²) in [4.78, 5) is 0.532. The molecule has 0 amide bonds. The maximum absolute atomic E-state index is 9.00. The van der Waals surface area contributed by atoms with E-state index in [1.807, 2.05) is 19.1 Å². The van der Waals surface area contributed by atoms with Crippen molar-refractivity contribution >= 4 is 16.7 Å². The molecule has 0 aliphatic carbocycles. The van der Waals surface area contributed by atoms with Gasteiger partial charge in [0.25, 0.3) is 0 Å². The Balaban J connectivity index is 3.27. The van der Waals surface area contributed by atoms with Crippen molar-refractivity contribution in [3.63, 3.8) is 0 Å². The molecule has 0 aromatic heterocycles. The van der Waals surface area contributed by atoms with E-state index in [0.29, 0.717) is 4.90 Å². The van der Waals surface area contributed by atoms with Crippen LogP contribution in [-0.2, 0) is 11.1 Å². The summed E-state index contributed by atoms with van der Waals surface area (Å²) in [6, 6.07) is 7.13. The van der Waals surface area contributed by atoms with Gasteiger partial charge >= 0.3 is 11.1 Å². The first-order valence-corrected chi connectivity index (χ1v) is 4.64. The SMILES string of the molecule is C=C(C)c1ccccc1S(O)=[OH+]. The molecule has 2 N–H and O–H groups in total. The Labute approximate surface area is 74.2 Å². The van der Waals surface area contributed by atoms with Gasteiger partial charge in [-0.2, -0.15) is 0 Å². The summed E-state index contributed by atoms with van der Waals surface area (Å²) in [5.41, 5.74) is 1.65. The molecule has 0 saturated heterocycles. The lowest BCUT2D eigenvalue weighted by Crippen LogP contribution is -1.93. The standard InChI is InChI=1S/C9H10O2S/c1-7(2)8-5-3-4-6-9(8)12(10)11/h3-6H,1H2,2H3,(H,10,11)/p+1. The van der Waals surface area contributed by atoms with Gasteiger partial charge in [-0.25, -0.2) is 4.21 Å². The van der Waals surface area contributed by atoms with Gasteiger partial charge < -0.3 is 0 Å². The van der Waals surface area contributed by atoms with Crippen LogP contribution in [0.2, 0.25) is 0 Å². The molecule has 0 bridgehead atoms. The highest BCUT2D eigenvalue weighted by Gasteiger charge is 2.11. The topological polar surface area (TPSA) is 41.6 Å². The quantitative estimate of drug-likeness (QED) is 0.555. The zero-order valence-corrected chi connectivity index (χ0v) is 7.64. The fourth-order valence-corrected chi connectivity index (χ4v) is 1.62. The first kappa shape index (κ1) is 9.16. The molecule has 0 heterocycles. The van der Waals surface area contributed by atoms with E-state index in [-0.39, 0.29) is 0 Å². The van der Waals surface area contributed by atoms with Gasteiger partial charge in [0, 0.05) is 5.56 Å². The zero-order valence-electron chi connectivity index (χ0n) is 6.82. The van der Waals surface area contributed by atoms with Crippen LogP contribution in [0.5, 0.6) is 0 Å². The first-order valence-electron chi connectivity index (χ1n) is 3.50. The van der Waals surface area contributed by atoms with Gasteiger partial charge in [-0.15, -0.1) is 0 Å². The molecule has 0 radical (unpaired) electrons. The van der Waals surface area contributed by atoms with Crippen molar-refractivity contribution in [2.24, 2.45) is 0 Å². The highest BCUT2D eigenvalue weighted by molar-refractivity contribution is 7.79. The predicted octanol–water partition coefficient (Wildman–Crippen LogP) is 2.46. The summed E-state index contributed by atoms with van der Waals surface area (Å²) in [5.74, 6) is 0. The normalized spacial score (nSPS) is 12.5. The summed E-state index contributed by atoms with van der Waals surface area (Å²) >= 11 is -1.67. The molecule has 12 heavy (non-hydrogen) atoms. The fourth-order valence-electron chi connectivity index (χ4n) is 0.978. The molecule has 0 fully saturated rings. The lowest BCUT2D eigenvalue weighted by molar-refractivity contribution is 0.580. The molecule has 0 aliphatic rings. The van der Waals surface area contributed by atoms with Crippen molar-refractivity contribution in [2.75, 3.05) is 0 Å². The molecule has 1 rings (SSSR count). The van der Waals surface area contributed by atoms with Crippen molar-refractivity contribution in [1.29, 1.82) is 0 Å². The maximum atomic E-state index is 9.00. The lowest BCUT2D eigenvalue weighted by Gasteiger charge is -2.00. The smallest absolute Gasteiger partial charge is 0.261 e. The third-order valence-electron chi connectivity index (χ3n) is 1.54. The molecule has 0 aliphatic heterocycles. The molecule has 64 valence electrons. The lowest BCUT2D eigenvalue weighted by atomic mass is 10.1. The van der Waals surface area contributed by atoms with Crippen LogP contribution in [0.25, 0.3) is 5.57 Å². The second-order valence-electron chi connectivity index (χ2n) is 2.54. The molecule has 1 atom stereocenters. The maximum Gasteiger partial charge on any atom is 0.364 e. The van der Waals surface area contributed by atoms with Crippen LogP contribution in [0.3, 0.4) is 0 Å². The Morgan fingerprint density at radius 3 is 2.50 bits per heavy atom. The van der Waals surface area contributed by atoms with Crippen LogP contribution in [0.4, 0.5) is 0 Å². The van der Waals surface area contributed by atoms with Gasteiger partial charge in [0.05, 0.1) is 0 Å². The monoisotopic (exact) mass is 183 g/mol. The minimum absolute atomic E-state index is 0.532. The van der Waals surface area contributed by atoms with Crippen molar-refractivity contribution in [2.45, 2.75) is 11.8 Å². The molecule has 0 saturated carbocycles. The van der Waals surface area contributed by atoms with E-state index in [4.69, 9.17) is 8.76 Å². The average Bonchev–Trinajstić information content (AvgIpc) is 2.04. The summed E-state index contributed by atoms with van der Waals surface area (Å²) < 4.78 is 18.0. The molecule has 1 aromatic carbocycles.